The lowest BCUT2D eigenvalue weighted by molar-refractivity contribution is -0.138. The molecule has 1 amide bonds. The largest absolute Gasteiger partial charge is 0.353 e. The Bertz CT molecular complexity index is 453. The summed E-state index contributed by atoms with van der Waals surface area (Å²) in [6.07, 6.45) is 0. The molecular formula is C16H24N2O. The Hall–Kier alpha value is -1.51. The van der Waals surface area contributed by atoms with Crippen molar-refractivity contribution in [2.75, 3.05) is 11.4 Å². The van der Waals surface area contributed by atoms with E-state index in [1.165, 1.54) is 0 Å². The third-order valence-electron chi connectivity index (χ3n) is 3.89. The zero-order chi connectivity index (χ0) is 14.2. The molecular weight excluding hydrogens is 236 g/mol. The van der Waals surface area contributed by atoms with Crippen LogP contribution in [0.3, 0.4) is 0 Å². The molecule has 1 aromatic carbocycles. The molecule has 1 atom stereocenters. The number of para-hydroxylation sites is 1. The molecule has 0 N–H and O–H groups in total. The predicted octanol–water partition coefficient (Wildman–Crippen LogP) is 2.91. The molecule has 0 aromatic heterocycles. The van der Waals surface area contributed by atoms with Gasteiger partial charge in [-0.2, -0.15) is 0 Å². The number of carbonyl (C=O) groups is 1. The van der Waals surface area contributed by atoms with Crippen LogP contribution in [0.1, 0.15) is 34.6 Å². The molecule has 1 fully saturated rings. The molecule has 1 aliphatic heterocycles. The van der Waals surface area contributed by atoms with Gasteiger partial charge in [-0.1, -0.05) is 18.2 Å². The van der Waals surface area contributed by atoms with Crippen molar-refractivity contribution in [3.63, 3.8) is 0 Å². The van der Waals surface area contributed by atoms with Crippen molar-refractivity contribution in [3.8, 4) is 0 Å². The number of amides is 1. The molecule has 3 heteroatoms. The topological polar surface area (TPSA) is 23.6 Å². The van der Waals surface area contributed by atoms with Gasteiger partial charge in [-0.3, -0.25) is 4.79 Å². The molecule has 0 saturated carbocycles. The average Bonchev–Trinajstić information content (AvgIpc) is 2.34. The summed E-state index contributed by atoms with van der Waals surface area (Å²) in [6, 6.07) is 10.4. The third kappa shape index (κ3) is 2.46. The van der Waals surface area contributed by atoms with Gasteiger partial charge in [0.05, 0.1) is 5.54 Å². The van der Waals surface area contributed by atoms with Gasteiger partial charge in [0.25, 0.3) is 0 Å². The number of rotatable bonds is 2. The molecule has 0 spiro atoms. The van der Waals surface area contributed by atoms with Gasteiger partial charge in [0.1, 0.15) is 6.04 Å². The predicted molar refractivity (Wildman–Crippen MR) is 79.3 cm³/mol. The lowest BCUT2D eigenvalue weighted by Gasteiger charge is -2.52. The first kappa shape index (κ1) is 13.9. The molecule has 1 heterocycles. The molecule has 0 radical (unpaired) electrons. The number of piperazine rings is 1. The minimum atomic E-state index is -0.117. The zero-order valence-corrected chi connectivity index (χ0v) is 12.6. The van der Waals surface area contributed by atoms with E-state index in [-0.39, 0.29) is 23.5 Å². The molecule has 2 rings (SSSR count). The van der Waals surface area contributed by atoms with Crippen LogP contribution >= 0.6 is 0 Å². The van der Waals surface area contributed by atoms with E-state index in [9.17, 15) is 4.79 Å². The smallest absolute Gasteiger partial charge is 0.245 e. The molecule has 0 aliphatic carbocycles. The maximum absolute atomic E-state index is 12.5. The Kier molecular flexibility index (Phi) is 3.57. The Balaban J connectivity index is 2.38. The van der Waals surface area contributed by atoms with E-state index in [0.29, 0.717) is 0 Å². The molecule has 1 aliphatic rings. The van der Waals surface area contributed by atoms with E-state index in [4.69, 9.17) is 0 Å². The van der Waals surface area contributed by atoms with Crippen LogP contribution in [0.2, 0.25) is 0 Å². The maximum atomic E-state index is 12.5. The van der Waals surface area contributed by atoms with Crippen LogP contribution in [0.25, 0.3) is 0 Å². The Morgan fingerprint density at radius 2 is 1.79 bits per heavy atom. The Morgan fingerprint density at radius 1 is 1.21 bits per heavy atom. The van der Waals surface area contributed by atoms with Crippen molar-refractivity contribution in [3.05, 3.63) is 30.3 Å². The van der Waals surface area contributed by atoms with Crippen molar-refractivity contribution in [1.29, 1.82) is 0 Å². The maximum Gasteiger partial charge on any atom is 0.245 e. The molecule has 1 unspecified atom stereocenters. The van der Waals surface area contributed by atoms with E-state index < -0.39 is 0 Å². The summed E-state index contributed by atoms with van der Waals surface area (Å²) in [5.41, 5.74) is 1.07. The van der Waals surface area contributed by atoms with Crippen molar-refractivity contribution in [2.24, 2.45) is 0 Å². The molecule has 104 valence electrons. The number of carbonyl (C=O) groups excluding carboxylic acids is 1. The number of benzene rings is 1. The molecule has 19 heavy (non-hydrogen) atoms. The molecule has 1 saturated heterocycles. The van der Waals surface area contributed by atoms with Gasteiger partial charge in [-0.05, 0) is 46.8 Å². The minimum absolute atomic E-state index is 0.0566. The van der Waals surface area contributed by atoms with E-state index in [2.05, 4.69) is 44.7 Å². The lowest BCUT2D eigenvalue weighted by Crippen LogP contribution is -2.67. The molecule has 0 bridgehead atoms. The van der Waals surface area contributed by atoms with E-state index >= 15 is 0 Å². The van der Waals surface area contributed by atoms with E-state index in [0.717, 1.165) is 12.2 Å². The van der Waals surface area contributed by atoms with Gasteiger partial charge in [0, 0.05) is 18.3 Å². The fourth-order valence-corrected chi connectivity index (χ4v) is 3.04. The van der Waals surface area contributed by atoms with Crippen LogP contribution in [0.5, 0.6) is 0 Å². The highest BCUT2D eigenvalue weighted by Crippen LogP contribution is 2.32. The van der Waals surface area contributed by atoms with Crippen molar-refractivity contribution in [1.82, 2.24) is 4.90 Å². The number of hydrogen-bond acceptors (Lipinski definition) is 2. The van der Waals surface area contributed by atoms with Crippen molar-refractivity contribution < 1.29 is 4.79 Å². The number of anilines is 1. The standard InChI is InChI=1S/C16H24N2O/c1-12(2)17-11-16(4,5)18(13(3)15(17)19)14-9-7-6-8-10-14/h6-10,12-13H,11H2,1-5H3. The van der Waals surface area contributed by atoms with Crippen LogP contribution < -0.4 is 4.90 Å². The second-order valence-corrected chi connectivity index (χ2v) is 6.25. The highest BCUT2D eigenvalue weighted by atomic mass is 16.2. The highest BCUT2D eigenvalue weighted by Gasteiger charge is 2.43. The molecule has 1 aromatic rings. The summed E-state index contributed by atoms with van der Waals surface area (Å²) in [6.45, 7) is 11.3. The van der Waals surface area contributed by atoms with Crippen LogP contribution in [0, 0.1) is 0 Å². The van der Waals surface area contributed by atoms with E-state index in [1.54, 1.807) is 0 Å². The first-order valence-electron chi connectivity index (χ1n) is 6.99. The number of nitrogens with zero attached hydrogens (tertiary/aromatic N) is 2. The fourth-order valence-electron chi connectivity index (χ4n) is 3.04. The van der Waals surface area contributed by atoms with Crippen LogP contribution in [-0.2, 0) is 4.79 Å². The number of hydrogen-bond donors (Lipinski definition) is 0. The van der Waals surface area contributed by atoms with Gasteiger partial charge in [0.15, 0.2) is 0 Å². The summed E-state index contributed by atoms with van der Waals surface area (Å²) >= 11 is 0. The van der Waals surface area contributed by atoms with Gasteiger partial charge >= 0.3 is 0 Å². The van der Waals surface area contributed by atoms with Crippen molar-refractivity contribution in [2.45, 2.75) is 52.2 Å². The fraction of sp³-hybridized carbons (Fsp3) is 0.562. The monoisotopic (exact) mass is 260 g/mol. The first-order valence-corrected chi connectivity index (χ1v) is 6.99. The summed E-state index contributed by atoms with van der Waals surface area (Å²) in [7, 11) is 0. The average molecular weight is 260 g/mol. The van der Waals surface area contributed by atoms with Crippen LogP contribution in [0.4, 0.5) is 5.69 Å². The van der Waals surface area contributed by atoms with Gasteiger partial charge in [-0.15, -0.1) is 0 Å². The Labute approximate surface area is 116 Å². The zero-order valence-electron chi connectivity index (χ0n) is 12.6. The lowest BCUT2D eigenvalue weighted by atomic mass is 9.93. The summed E-state index contributed by atoms with van der Waals surface area (Å²) in [4.78, 5) is 16.8. The highest BCUT2D eigenvalue weighted by molar-refractivity contribution is 5.87. The second kappa shape index (κ2) is 4.87. The normalized spacial score (nSPS) is 23.1. The molecule has 3 nitrogen and oxygen atoms in total. The Morgan fingerprint density at radius 3 is 2.32 bits per heavy atom. The van der Waals surface area contributed by atoms with Gasteiger partial charge < -0.3 is 9.80 Å². The SMILES string of the molecule is CC(C)N1CC(C)(C)N(c2ccccc2)C(C)C1=O. The minimum Gasteiger partial charge on any atom is -0.353 e. The second-order valence-electron chi connectivity index (χ2n) is 6.25. The summed E-state index contributed by atoms with van der Waals surface area (Å²) < 4.78 is 0. The van der Waals surface area contributed by atoms with Gasteiger partial charge in [-0.25, -0.2) is 0 Å². The summed E-state index contributed by atoms with van der Waals surface area (Å²) in [5.74, 6) is 0.221. The van der Waals surface area contributed by atoms with Gasteiger partial charge in [0.2, 0.25) is 5.91 Å². The summed E-state index contributed by atoms with van der Waals surface area (Å²) in [5, 5.41) is 0. The quantitative estimate of drug-likeness (QED) is 0.816. The first-order chi connectivity index (χ1) is 8.84. The van der Waals surface area contributed by atoms with Crippen molar-refractivity contribution >= 4 is 11.6 Å². The van der Waals surface area contributed by atoms with E-state index in [1.807, 2.05) is 30.0 Å². The van der Waals surface area contributed by atoms with Crippen LogP contribution in [0.15, 0.2) is 30.3 Å². The van der Waals surface area contributed by atoms with Crippen LogP contribution in [-0.4, -0.2) is 35.0 Å². The third-order valence-corrected chi connectivity index (χ3v) is 3.89.